The molecule has 0 aliphatic rings. The summed E-state index contributed by atoms with van der Waals surface area (Å²) in [5.41, 5.74) is 1.17. The number of rotatable bonds is 5. The molecule has 2 N–H and O–H groups in total. The highest BCUT2D eigenvalue weighted by Gasteiger charge is 2.21. The summed E-state index contributed by atoms with van der Waals surface area (Å²) in [6.45, 7) is 0. The van der Waals surface area contributed by atoms with E-state index in [0.29, 0.717) is 11.3 Å². The number of amides is 1. The maximum Gasteiger partial charge on any atom is 0.412 e. The van der Waals surface area contributed by atoms with Crippen molar-refractivity contribution in [3.05, 3.63) is 29.8 Å². The van der Waals surface area contributed by atoms with E-state index < -0.39 is 18.2 Å². The number of ether oxygens (including phenoxy) is 1. The predicted molar refractivity (Wildman–Crippen MR) is 74.3 cm³/mol. The lowest BCUT2D eigenvalue weighted by molar-refractivity contribution is -0.145. The van der Waals surface area contributed by atoms with Crippen molar-refractivity contribution < 1.29 is 19.4 Å². The van der Waals surface area contributed by atoms with Crippen LogP contribution in [-0.2, 0) is 9.53 Å². The maximum absolute atomic E-state index is 11.5. The van der Waals surface area contributed by atoms with Gasteiger partial charge in [0.1, 0.15) is 0 Å². The van der Waals surface area contributed by atoms with Gasteiger partial charge in [-0.2, -0.15) is 11.8 Å². The fourth-order valence-corrected chi connectivity index (χ4v) is 1.75. The highest BCUT2D eigenvalue weighted by Crippen LogP contribution is 2.10. The first kappa shape index (κ1) is 14.9. The molecule has 1 rings (SSSR count). The highest BCUT2D eigenvalue weighted by molar-refractivity contribution is 7.98. The van der Waals surface area contributed by atoms with Crippen molar-refractivity contribution in [2.45, 2.75) is 6.10 Å². The van der Waals surface area contributed by atoms with E-state index in [1.165, 1.54) is 11.8 Å². The summed E-state index contributed by atoms with van der Waals surface area (Å²) < 4.78 is 4.80. The Kier molecular flexibility index (Phi) is 5.76. The van der Waals surface area contributed by atoms with Gasteiger partial charge in [-0.3, -0.25) is 5.32 Å². The molecule has 5 nitrogen and oxygen atoms in total. The molecule has 19 heavy (non-hydrogen) atoms. The maximum atomic E-state index is 11.5. The van der Waals surface area contributed by atoms with Crippen LogP contribution in [0.3, 0.4) is 0 Å². The molecule has 1 atom stereocenters. The van der Waals surface area contributed by atoms with E-state index in [-0.39, 0.29) is 5.75 Å². The van der Waals surface area contributed by atoms with Crippen molar-refractivity contribution in [3.63, 3.8) is 0 Å². The summed E-state index contributed by atoms with van der Waals surface area (Å²) in [4.78, 5) is 22.3. The molecular weight excluding hydrogens is 266 g/mol. The van der Waals surface area contributed by atoms with Crippen LogP contribution in [0.25, 0.3) is 0 Å². The zero-order valence-electron chi connectivity index (χ0n) is 10.3. The minimum Gasteiger partial charge on any atom is -0.478 e. The quantitative estimate of drug-likeness (QED) is 0.807. The van der Waals surface area contributed by atoms with Crippen molar-refractivity contribution >= 4 is 29.5 Å². The molecular formula is C13H13NO4S. The smallest absolute Gasteiger partial charge is 0.412 e. The molecule has 0 heterocycles. The normalized spacial score (nSPS) is 11.2. The van der Waals surface area contributed by atoms with Crippen LogP contribution in [0.1, 0.15) is 5.56 Å². The second kappa shape index (κ2) is 7.34. The standard InChI is InChI=1S/C13H13NO4S/c1-3-9-4-6-10(7-5-9)14-13(17)18-11(8-19-2)12(15)16/h1,4-7,11H,8H2,2H3,(H,14,17)(H,15,16)/t11-/m1/s1. The summed E-state index contributed by atoms with van der Waals surface area (Å²) >= 11 is 1.28. The number of thioether (sulfide) groups is 1. The molecule has 1 aromatic carbocycles. The van der Waals surface area contributed by atoms with Gasteiger partial charge in [-0.05, 0) is 30.5 Å². The van der Waals surface area contributed by atoms with Gasteiger partial charge in [0.05, 0.1) is 0 Å². The lowest BCUT2D eigenvalue weighted by Crippen LogP contribution is -2.31. The third kappa shape index (κ3) is 4.94. The van der Waals surface area contributed by atoms with E-state index in [2.05, 4.69) is 11.2 Å². The van der Waals surface area contributed by atoms with E-state index >= 15 is 0 Å². The van der Waals surface area contributed by atoms with Crippen LogP contribution in [0.2, 0.25) is 0 Å². The first-order chi connectivity index (χ1) is 9.06. The molecule has 6 heteroatoms. The molecule has 1 amide bonds. The van der Waals surface area contributed by atoms with E-state index in [1.807, 2.05) is 0 Å². The fourth-order valence-electron chi connectivity index (χ4n) is 1.23. The van der Waals surface area contributed by atoms with Crippen molar-refractivity contribution in [2.75, 3.05) is 17.3 Å². The van der Waals surface area contributed by atoms with Crippen molar-refractivity contribution in [1.29, 1.82) is 0 Å². The van der Waals surface area contributed by atoms with Gasteiger partial charge in [0.25, 0.3) is 0 Å². The summed E-state index contributed by atoms with van der Waals surface area (Å²) in [5.74, 6) is 1.47. The Balaban J connectivity index is 2.58. The SMILES string of the molecule is C#Cc1ccc(NC(=O)O[C@H](CSC)C(=O)O)cc1. The van der Waals surface area contributed by atoms with Gasteiger partial charge in [-0.1, -0.05) is 5.92 Å². The van der Waals surface area contributed by atoms with Crippen LogP contribution in [0.4, 0.5) is 10.5 Å². The van der Waals surface area contributed by atoms with Crippen molar-refractivity contribution in [1.82, 2.24) is 0 Å². The van der Waals surface area contributed by atoms with Gasteiger partial charge in [-0.15, -0.1) is 6.42 Å². The summed E-state index contributed by atoms with van der Waals surface area (Å²) in [7, 11) is 0. The minimum atomic E-state index is -1.17. The van der Waals surface area contributed by atoms with E-state index in [0.717, 1.165) is 0 Å². The number of benzene rings is 1. The number of carboxylic acids is 1. The molecule has 1 aromatic rings. The number of carbonyl (C=O) groups is 2. The number of carboxylic acid groups (broad SMARTS) is 1. The van der Waals surface area contributed by atoms with Crippen molar-refractivity contribution in [2.24, 2.45) is 0 Å². The lowest BCUT2D eigenvalue weighted by atomic mass is 10.2. The molecule has 0 aliphatic heterocycles. The zero-order chi connectivity index (χ0) is 14.3. The summed E-state index contributed by atoms with van der Waals surface area (Å²) in [6.07, 6.45) is 4.96. The monoisotopic (exact) mass is 279 g/mol. The molecule has 0 fully saturated rings. The van der Waals surface area contributed by atoms with Gasteiger partial charge < -0.3 is 9.84 Å². The molecule has 100 valence electrons. The Hall–Kier alpha value is -2.13. The van der Waals surface area contributed by atoms with E-state index in [9.17, 15) is 9.59 Å². The summed E-state index contributed by atoms with van der Waals surface area (Å²) in [5, 5.41) is 11.3. The Morgan fingerprint density at radius 2 is 2.11 bits per heavy atom. The number of nitrogens with one attached hydrogen (secondary N) is 1. The van der Waals surface area contributed by atoms with Gasteiger partial charge >= 0.3 is 12.1 Å². The zero-order valence-corrected chi connectivity index (χ0v) is 11.1. The number of hydrogen-bond donors (Lipinski definition) is 2. The average molecular weight is 279 g/mol. The first-order valence-corrected chi connectivity index (χ1v) is 6.72. The third-order valence-corrected chi connectivity index (χ3v) is 2.78. The molecule has 0 spiro atoms. The largest absolute Gasteiger partial charge is 0.478 e. The van der Waals surface area contributed by atoms with Crippen LogP contribution < -0.4 is 5.32 Å². The minimum absolute atomic E-state index is 0.193. The Morgan fingerprint density at radius 1 is 1.47 bits per heavy atom. The van der Waals surface area contributed by atoms with Gasteiger partial charge in [0.2, 0.25) is 6.10 Å². The number of terminal acetylenes is 1. The molecule has 0 bridgehead atoms. The Labute approximate surface area is 115 Å². The van der Waals surface area contributed by atoms with Crippen molar-refractivity contribution in [3.8, 4) is 12.3 Å². The van der Waals surface area contributed by atoms with Crippen LogP contribution in [0, 0.1) is 12.3 Å². The van der Waals surface area contributed by atoms with Crippen LogP contribution in [0.15, 0.2) is 24.3 Å². The molecule has 0 unspecified atom stereocenters. The second-order valence-corrected chi connectivity index (χ2v) is 4.44. The number of hydrogen-bond acceptors (Lipinski definition) is 4. The van der Waals surface area contributed by atoms with Crippen LogP contribution in [0.5, 0.6) is 0 Å². The topological polar surface area (TPSA) is 75.6 Å². The van der Waals surface area contributed by atoms with E-state index in [1.54, 1.807) is 30.5 Å². The molecule has 0 aliphatic carbocycles. The number of aliphatic carboxylic acids is 1. The molecule has 0 aromatic heterocycles. The molecule has 0 saturated heterocycles. The Morgan fingerprint density at radius 3 is 2.58 bits per heavy atom. The van der Waals surface area contributed by atoms with Gasteiger partial charge in [0, 0.05) is 17.0 Å². The molecule has 0 radical (unpaired) electrons. The summed E-state index contributed by atoms with van der Waals surface area (Å²) in [6, 6.07) is 6.54. The van der Waals surface area contributed by atoms with Crippen LogP contribution in [-0.4, -0.2) is 35.3 Å². The van der Waals surface area contributed by atoms with Crippen LogP contribution >= 0.6 is 11.8 Å². The van der Waals surface area contributed by atoms with Gasteiger partial charge in [-0.25, -0.2) is 9.59 Å². The number of anilines is 1. The predicted octanol–water partition coefficient (Wildman–Crippen LogP) is 2.03. The highest BCUT2D eigenvalue weighted by atomic mass is 32.2. The second-order valence-electron chi connectivity index (χ2n) is 3.53. The average Bonchev–Trinajstić information content (AvgIpc) is 2.39. The third-order valence-electron chi connectivity index (χ3n) is 2.14. The number of carbonyl (C=O) groups excluding carboxylic acids is 1. The molecule has 0 saturated carbocycles. The van der Waals surface area contributed by atoms with Gasteiger partial charge in [0.15, 0.2) is 0 Å². The Bertz CT molecular complexity index is 492. The fraction of sp³-hybridized carbons (Fsp3) is 0.231. The first-order valence-electron chi connectivity index (χ1n) is 5.33. The van der Waals surface area contributed by atoms with E-state index in [4.69, 9.17) is 16.3 Å². The lowest BCUT2D eigenvalue weighted by Gasteiger charge is -2.13.